The quantitative estimate of drug-likeness (QED) is 0.232. The highest BCUT2D eigenvalue weighted by Gasteiger charge is 2.51. The Hall–Kier alpha value is -1.48. The Morgan fingerprint density at radius 1 is 1.10 bits per heavy atom. The van der Waals surface area contributed by atoms with Crippen LogP contribution in [0.5, 0.6) is 0 Å². The number of sulfone groups is 2. The lowest BCUT2D eigenvalue weighted by Crippen LogP contribution is -2.40. The van der Waals surface area contributed by atoms with Gasteiger partial charge in [0.2, 0.25) is 0 Å². The molecule has 0 bridgehead atoms. The number of hydrogen-bond acceptors (Lipinski definition) is 6. The fourth-order valence-electron chi connectivity index (χ4n) is 7.45. The second kappa shape index (κ2) is 13.2. The molecule has 2 aromatic heterocycles. The van der Waals surface area contributed by atoms with Crippen molar-refractivity contribution in [1.82, 2.24) is 15.0 Å². The maximum Gasteiger partial charge on any atom is 0.156 e. The van der Waals surface area contributed by atoms with Crippen molar-refractivity contribution in [3.8, 4) is 0 Å². The van der Waals surface area contributed by atoms with Crippen LogP contribution in [-0.2, 0) is 26.1 Å². The molecule has 2 aliphatic rings. The second-order valence-corrected chi connectivity index (χ2v) is 17.8. The minimum atomic E-state index is -3.36. The van der Waals surface area contributed by atoms with Gasteiger partial charge in [-0.25, -0.2) is 26.8 Å². The van der Waals surface area contributed by atoms with Gasteiger partial charge in [0.15, 0.2) is 19.7 Å². The van der Waals surface area contributed by atoms with E-state index >= 15 is 0 Å². The molecule has 9 heteroatoms. The lowest BCUT2D eigenvalue weighted by atomic mass is 9.82. The van der Waals surface area contributed by atoms with Crippen LogP contribution in [0.2, 0.25) is 0 Å². The van der Waals surface area contributed by atoms with Crippen molar-refractivity contribution in [2.24, 2.45) is 23.2 Å². The third-order valence-electron chi connectivity index (χ3n) is 10.2. The molecule has 5 atom stereocenters. The van der Waals surface area contributed by atoms with E-state index < -0.39 is 30.2 Å². The van der Waals surface area contributed by atoms with Gasteiger partial charge in [0.1, 0.15) is 12.0 Å². The van der Waals surface area contributed by atoms with Gasteiger partial charge in [-0.15, -0.1) is 0 Å². The number of rotatable bonds is 16. The molecule has 1 aliphatic carbocycles. The molecule has 3 heterocycles. The van der Waals surface area contributed by atoms with Crippen LogP contribution in [0.3, 0.4) is 0 Å². The Bertz CT molecular complexity index is 1320. The Morgan fingerprint density at radius 2 is 1.85 bits per heavy atom. The summed E-state index contributed by atoms with van der Waals surface area (Å²) >= 11 is 0. The third kappa shape index (κ3) is 7.47. The van der Waals surface area contributed by atoms with E-state index in [0.717, 1.165) is 74.5 Å². The van der Waals surface area contributed by atoms with E-state index in [1.165, 1.54) is 6.42 Å². The van der Waals surface area contributed by atoms with E-state index in [-0.39, 0.29) is 28.8 Å². The van der Waals surface area contributed by atoms with E-state index in [2.05, 4.69) is 34.9 Å². The first kappa shape index (κ1) is 31.5. The zero-order valence-corrected chi connectivity index (χ0v) is 26.7. The number of nitrogens with one attached hydrogen (secondary N) is 1. The van der Waals surface area contributed by atoms with Crippen molar-refractivity contribution >= 4 is 30.7 Å². The normalized spacial score (nSPS) is 23.4. The summed E-state index contributed by atoms with van der Waals surface area (Å²) in [6.45, 7) is 8.37. The molecule has 4 rings (SSSR count). The van der Waals surface area contributed by atoms with Gasteiger partial charge in [-0.1, -0.05) is 52.9 Å². The Kier molecular flexibility index (Phi) is 10.4. The number of nitrogens with zero attached hydrogens (tertiary/aromatic N) is 2. The standard InChI is InChI=1S/C31H51N3O4S2/c1-5-9-25(20-29-28-13-17-32-30(28)34-22-33-29)11-7-14-31(15-16-31)23(3)24(4)40(37,38)27(10-6-2)19-26-12-8-18-39(35,36)21-26/h13,17,22-27H,5-12,14-16,18-21H2,1-4H3,(H,32,33,34). The molecule has 1 N–H and O–H groups in total. The predicted octanol–water partition coefficient (Wildman–Crippen LogP) is 6.69. The first-order chi connectivity index (χ1) is 19.0. The molecular weight excluding hydrogens is 542 g/mol. The third-order valence-corrected chi connectivity index (χ3v) is 14.9. The van der Waals surface area contributed by atoms with Crippen LogP contribution in [0.1, 0.15) is 110 Å². The molecule has 0 amide bonds. The maximum atomic E-state index is 14.0. The molecule has 7 nitrogen and oxygen atoms in total. The molecule has 0 aromatic carbocycles. The van der Waals surface area contributed by atoms with E-state index in [0.29, 0.717) is 25.2 Å². The molecular formula is C31H51N3O4S2. The Labute approximate surface area is 242 Å². The van der Waals surface area contributed by atoms with E-state index in [9.17, 15) is 16.8 Å². The minimum Gasteiger partial charge on any atom is -0.346 e. The van der Waals surface area contributed by atoms with E-state index in [1.807, 2.05) is 20.0 Å². The van der Waals surface area contributed by atoms with Crippen LogP contribution in [-0.4, -0.2) is 53.8 Å². The molecule has 1 saturated heterocycles. The highest BCUT2D eigenvalue weighted by molar-refractivity contribution is 7.92. The van der Waals surface area contributed by atoms with Gasteiger partial charge < -0.3 is 4.98 Å². The first-order valence-electron chi connectivity index (χ1n) is 15.7. The number of aromatic amines is 1. The van der Waals surface area contributed by atoms with Crippen LogP contribution in [0.4, 0.5) is 0 Å². The summed E-state index contributed by atoms with van der Waals surface area (Å²) in [7, 11) is -6.40. The highest BCUT2D eigenvalue weighted by Crippen LogP contribution is 2.58. The van der Waals surface area contributed by atoms with Crippen molar-refractivity contribution in [3.05, 3.63) is 24.3 Å². The van der Waals surface area contributed by atoms with Crippen molar-refractivity contribution in [2.45, 2.75) is 122 Å². The zero-order valence-electron chi connectivity index (χ0n) is 25.1. The number of H-pyrrole nitrogens is 1. The largest absolute Gasteiger partial charge is 0.346 e. The van der Waals surface area contributed by atoms with Crippen molar-refractivity contribution in [1.29, 1.82) is 0 Å². The van der Waals surface area contributed by atoms with Crippen LogP contribution in [0.25, 0.3) is 11.0 Å². The minimum absolute atomic E-state index is 0.0275. The molecule has 1 aliphatic heterocycles. The van der Waals surface area contributed by atoms with Gasteiger partial charge in [-0.3, -0.25) is 0 Å². The monoisotopic (exact) mass is 593 g/mol. The van der Waals surface area contributed by atoms with Crippen LogP contribution >= 0.6 is 0 Å². The predicted molar refractivity (Wildman–Crippen MR) is 164 cm³/mol. The van der Waals surface area contributed by atoms with E-state index in [1.54, 1.807) is 6.33 Å². The zero-order chi connectivity index (χ0) is 29.0. The maximum absolute atomic E-state index is 14.0. The average molecular weight is 594 g/mol. The van der Waals surface area contributed by atoms with Gasteiger partial charge in [0, 0.05) is 11.6 Å². The summed E-state index contributed by atoms with van der Waals surface area (Å²) < 4.78 is 52.3. The summed E-state index contributed by atoms with van der Waals surface area (Å²) in [4.78, 5) is 12.1. The highest BCUT2D eigenvalue weighted by atomic mass is 32.2. The molecule has 2 aromatic rings. The number of hydrogen-bond donors (Lipinski definition) is 1. The SMILES string of the molecule is CCCC(CCCC1(C(C)C(C)S(=O)(=O)C(CCC)CC2CCCS(=O)(=O)C2)CC1)Cc1ncnc2[nH]ccc12. The van der Waals surface area contributed by atoms with Gasteiger partial charge in [0.05, 0.1) is 27.7 Å². The average Bonchev–Trinajstić information content (AvgIpc) is 3.53. The van der Waals surface area contributed by atoms with Crippen LogP contribution in [0.15, 0.2) is 18.6 Å². The fourth-order valence-corrected chi connectivity index (χ4v) is 11.8. The van der Waals surface area contributed by atoms with E-state index in [4.69, 9.17) is 0 Å². The van der Waals surface area contributed by atoms with Crippen LogP contribution in [0, 0.1) is 23.2 Å². The molecule has 0 spiro atoms. The van der Waals surface area contributed by atoms with Gasteiger partial charge in [-0.05, 0) is 87.5 Å². The molecule has 0 radical (unpaired) electrons. The van der Waals surface area contributed by atoms with Crippen molar-refractivity contribution in [2.75, 3.05) is 11.5 Å². The summed E-state index contributed by atoms with van der Waals surface area (Å²) in [6.07, 6.45) is 15.8. The Morgan fingerprint density at radius 3 is 2.52 bits per heavy atom. The van der Waals surface area contributed by atoms with Gasteiger partial charge >= 0.3 is 0 Å². The van der Waals surface area contributed by atoms with Gasteiger partial charge in [-0.2, -0.15) is 0 Å². The summed E-state index contributed by atoms with van der Waals surface area (Å²) in [5, 5.41) is 0.277. The Balaban J connectivity index is 1.37. The second-order valence-electron chi connectivity index (χ2n) is 13.0. The summed E-state index contributed by atoms with van der Waals surface area (Å²) in [5.41, 5.74) is 2.14. The molecule has 2 fully saturated rings. The van der Waals surface area contributed by atoms with Crippen molar-refractivity contribution in [3.63, 3.8) is 0 Å². The van der Waals surface area contributed by atoms with Crippen molar-refractivity contribution < 1.29 is 16.8 Å². The summed E-state index contributed by atoms with van der Waals surface area (Å²) in [5.74, 6) is 1.05. The lowest BCUT2D eigenvalue weighted by Gasteiger charge is -2.33. The summed E-state index contributed by atoms with van der Waals surface area (Å²) in [6, 6.07) is 2.06. The fraction of sp³-hybridized carbons (Fsp3) is 0.806. The number of fused-ring (bicyclic) bond motifs is 1. The number of aromatic nitrogens is 3. The molecule has 226 valence electrons. The topological polar surface area (TPSA) is 110 Å². The molecule has 5 unspecified atom stereocenters. The smallest absolute Gasteiger partial charge is 0.156 e. The molecule has 40 heavy (non-hydrogen) atoms. The van der Waals surface area contributed by atoms with Crippen LogP contribution < -0.4 is 0 Å². The lowest BCUT2D eigenvalue weighted by molar-refractivity contribution is 0.279. The molecule has 1 saturated carbocycles. The first-order valence-corrected chi connectivity index (χ1v) is 19.1. The van der Waals surface area contributed by atoms with Gasteiger partial charge in [0.25, 0.3) is 0 Å².